The highest BCUT2D eigenvalue weighted by molar-refractivity contribution is 5.81. The van der Waals surface area contributed by atoms with Gasteiger partial charge in [0.15, 0.2) is 0 Å². The SMILES string of the molecule is COC(=O)C(C)(C)CNC(=O)NCC1(C(=O)O)CC1. The first-order valence-electron chi connectivity index (χ1n) is 6.07. The van der Waals surface area contributed by atoms with Gasteiger partial charge in [-0.15, -0.1) is 0 Å². The van der Waals surface area contributed by atoms with Crippen molar-refractivity contribution in [3.8, 4) is 0 Å². The average molecular weight is 272 g/mol. The summed E-state index contributed by atoms with van der Waals surface area (Å²) in [6.45, 7) is 3.52. The van der Waals surface area contributed by atoms with Crippen molar-refractivity contribution in [2.45, 2.75) is 26.7 Å². The van der Waals surface area contributed by atoms with E-state index in [0.29, 0.717) is 12.8 Å². The van der Waals surface area contributed by atoms with Crippen LogP contribution in [0.25, 0.3) is 0 Å². The maximum absolute atomic E-state index is 11.5. The Kier molecular flexibility index (Phi) is 4.39. The van der Waals surface area contributed by atoms with E-state index in [4.69, 9.17) is 5.11 Å². The van der Waals surface area contributed by atoms with Crippen molar-refractivity contribution in [2.75, 3.05) is 20.2 Å². The number of rotatable bonds is 6. The molecule has 0 radical (unpaired) electrons. The van der Waals surface area contributed by atoms with Gasteiger partial charge in [0.2, 0.25) is 0 Å². The Bertz CT molecular complexity index is 388. The Labute approximate surface area is 111 Å². The zero-order valence-electron chi connectivity index (χ0n) is 11.4. The Hall–Kier alpha value is -1.79. The molecular weight excluding hydrogens is 252 g/mol. The van der Waals surface area contributed by atoms with E-state index in [9.17, 15) is 14.4 Å². The molecular formula is C12H20N2O5. The Morgan fingerprint density at radius 3 is 2.26 bits per heavy atom. The summed E-state index contributed by atoms with van der Waals surface area (Å²) in [4.78, 5) is 33.8. The fraction of sp³-hybridized carbons (Fsp3) is 0.750. The molecule has 7 heteroatoms. The number of nitrogens with one attached hydrogen (secondary N) is 2. The van der Waals surface area contributed by atoms with Gasteiger partial charge in [-0.3, -0.25) is 9.59 Å². The van der Waals surface area contributed by atoms with Crippen molar-refractivity contribution < 1.29 is 24.2 Å². The number of carboxylic acid groups (broad SMARTS) is 1. The van der Waals surface area contributed by atoms with E-state index in [1.807, 2.05) is 0 Å². The molecule has 7 nitrogen and oxygen atoms in total. The monoisotopic (exact) mass is 272 g/mol. The molecule has 0 unspecified atom stereocenters. The van der Waals surface area contributed by atoms with Crippen molar-refractivity contribution in [1.82, 2.24) is 10.6 Å². The summed E-state index contributed by atoms with van der Waals surface area (Å²) in [6, 6.07) is -0.482. The van der Waals surface area contributed by atoms with Crippen molar-refractivity contribution in [1.29, 1.82) is 0 Å². The number of esters is 1. The third-order valence-electron chi connectivity index (χ3n) is 3.32. The number of methoxy groups -OCH3 is 1. The zero-order valence-corrected chi connectivity index (χ0v) is 11.4. The Morgan fingerprint density at radius 1 is 1.26 bits per heavy atom. The van der Waals surface area contributed by atoms with Gasteiger partial charge in [-0.25, -0.2) is 4.79 Å². The van der Waals surface area contributed by atoms with Crippen LogP contribution in [0.1, 0.15) is 26.7 Å². The molecule has 0 atom stereocenters. The second-order valence-corrected chi connectivity index (χ2v) is 5.50. The zero-order chi connectivity index (χ0) is 14.7. The van der Waals surface area contributed by atoms with Gasteiger partial charge in [0.25, 0.3) is 0 Å². The first kappa shape index (κ1) is 15.3. The molecule has 2 amide bonds. The van der Waals surface area contributed by atoms with Gasteiger partial charge in [-0.05, 0) is 26.7 Å². The topological polar surface area (TPSA) is 105 Å². The van der Waals surface area contributed by atoms with Crippen LogP contribution in [0.15, 0.2) is 0 Å². The number of carbonyl (C=O) groups excluding carboxylic acids is 2. The quantitative estimate of drug-likeness (QED) is 0.605. The van der Waals surface area contributed by atoms with Crippen LogP contribution in [-0.4, -0.2) is 43.3 Å². The molecule has 3 N–H and O–H groups in total. The molecule has 0 saturated heterocycles. The number of aliphatic carboxylic acids is 1. The van der Waals surface area contributed by atoms with Crippen LogP contribution >= 0.6 is 0 Å². The van der Waals surface area contributed by atoms with E-state index in [0.717, 1.165) is 0 Å². The first-order valence-corrected chi connectivity index (χ1v) is 6.07. The largest absolute Gasteiger partial charge is 0.481 e. The summed E-state index contributed by atoms with van der Waals surface area (Å²) in [5.41, 5.74) is -1.62. The number of hydrogen-bond acceptors (Lipinski definition) is 4. The number of hydrogen-bond donors (Lipinski definition) is 3. The highest BCUT2D eigenvalue weighted by Crippen LogP contribution is 2.45. The lowest BCUT2D eigenvalue weighted by molar-refractivity contribution is -0.150. The molecule has 0 aliphatic heterocycles. The highest BCUT2D eigenvalue weighted by atomic mass is 16.5. The van der Waals surface area contributed by atoms with E-state index in [1.54, 1.807) is 13.8 Å². The van der Waals surface area contributed by atoms with E-state index in [-0.39, 0.29) is 13.1 Å². The van der Waals surface area contributed by atoms with Crippen molar-refractivity contribution in [3.63, 3.8) is 0 Å². The second-order valence-electron chi connectivity index (χ2n) is 5.50. The minimum atomic E-state index is -0.886. The number of ether oxygens (including phenoxy) is 1. The molecule has 108 valence electrons. The molecule has 0 bridgehead atoms. The van der Waals surface area contributed by atoms with E-state index in [2.05, 4.69) is 15.4 Å². The van der Waals surface area contributed by atoms with Crippen LogP contribution in [0, 0.1) is 10.8 Å². The maximum atomic E-state index is 11.5. The minimum Gasteiger partial charge on any atom is -0.481 e. The molecule has 1 aliphatic rings. The second kappa shape index (κ2) is 5.46. The van der Waals surface area contributed by atoms with Gasteiger partial charge in [-0.1, -0.05) is 0 Å². The summed E-state index contributed by atoms with van der Waals surface area (Å²) >= 11 is 0. The molecule has 0 aromatic heterocycles. The Balaban J connectivity index is 2.33. The minimum absolute atomic E-state index is 0.104. The van der Waals surface area contributed by atoms with E-state index >= 15 is 0 Å². The summed E-state index contributed by atoms with van der Waals surface area (Å²) in [7, 11) is 1.29. The lowest BCUT2D eigenvalue weighted by atomic mass is 9.94. The van der Waals surface area contributed by atoms with Crippen molar-refractivity contribution in [3.05, 3.63) is 0 Å². The van der Waals surface area contributed by atoms with Crippen LogP contribution in [0.2, 0.25) is 0 Å². The summed E-state index contributed by atoms with van der Waals surface area (Å²) in [5, 5.41) is 14.0. The third-order valence-corrected chi connectivity index (χ3v) is 3.32. The molecule has 19 heavy (non-hydrogen) atoms. The summed E-state index contributed by atoms with van der Waals surface area (Å²) < 4.78 is 4.61. The fourth-order valence-electron chi connectivity index (χ4n) is 1.58. The van der Waals surface area contributed by atoms with Gasteiger partial charge in [0.1, 0.15) is 0 Å². The third kappa shape index (κ3) is 3.84. The van der Waals surface area contributed by atoms with Gasteiger partial charge >= 0.3 is 18.0 Å². The molecule has 1 rings (SSSR count). The van der Waals surface area contributed by atoms with Gasteiger partial charge in [0.05, 0.1) is 17.9 Å². The number of carbonyl (C=O) groups is 3. The van der Waals surface area contributed by atoms with Gasteiger partial charge in [0, 0.05) is 13.1 Å². The van der Waals surface area contributed by atoms with Crippen molar-refractivity contribution >= 4 is 18.0 Å². The van der Waals surface area contributed by atoms with E-state index in [1.165, 1.54) is 7.11 Å². The van der Waals surface area contributed by atoms with Crippen LogP contribution in [0.3, 0.4) is 0 Å². The number of urea groups is 1. The molecule has 1 fully saturated rings. The van der Waals surface area contributed by atoms with Crippen LogP contribution in [0.5, 0.6) is 0 Å². The standard InChI is InChI=1S/C12H20N2O5/c1-11(2,9(17)19-3)6-13-10(18)14-7-12(4-5-12)8(15)16/h4-7H2,1-3H3,(H,15,16)(H2,13,14,18). The van der Waals surface area contributed by atoms with Crippen LogP contribution < -0.4 is 10.6 Å². The lowest BCUT2D eigenvalue weighted by Crippen LogP contribution is -2.45. The Morgan fingerprint density at radius 2 is 1.84 bits per heavy atom. The average Bonchev–Trinajstić information content (AvgIpc) is 3.14. The molecule has 0 aromatic carbocycles. The molecule has 0 heterocycles. The van der Waals surface area contributed by atoms with Gasteiger partial charge in [-0.2, -0.15) is 0 Å². The first-order chi connectivity index (χ1) is 8.73. The predicted octanol–water partition coefficient (Wildman–Crippen LogP) is 0.350. The number of carboxylic acids is 1. The van der Waals surface area contributed by atoms with E-state index < -0.39 is 28.8 Å². The lowest BCUT2D eigenvalue weighted by Gasteiger charge is -2.22. The fourth-order valence-corrected chi connectivity index (χ4v) is 1.58. The van der Waals surface area contributed by atoms with Crippen LogP contribution in [0.4, 0.5) is 4.79 Å². The number of amides is 2. The normalized spacial score (nSPS) is 16.4. The molecule has 0 spiro atoms. The summed E-state index contributed by atoms with van der Waals surface area (Å²) in [6.07, 6.45) is 1.16. The predicted molar refractivity (Wildman–Crippen MR) is 66.5 cm³/mol. The highest BCUT2D eigenvalue weighted by Gasteiger charge is 2.50. The summed E-state index contributed by atoms with van der Waals surface area (Å²) in [5.74, 6) is -1.31. The maximum Gasteiger partial charge on any atom is 0.314 e. The van der Waals surface area contributed by atoms with Crippen molar-refractivity contribution in [2.24, 2.45) is 10.8 Å². The molecule has 0 aromatic rings. The van der Waals surface area contributed by atoms with Gasteiger partial charge < -0.3 is 20.5 Å². The molecule has 1 aliphatic carbocycles. The molecule has 1 saturated carbocycles. The smallest absolute Gasteiger partial charge is 0.314 e. The van der Waals surface area contributed by atoms with Crippen LogP contribution in [-0.2, 0) is 14.3 Å².